The van der Waals surface area contributed by atoms with E-state index in [-0.39, 0.29) is 5.69 Å². The smallest absolute Gasteiger partial charge is 0.317 e. The average molecular weight is 286 g/mol. The number of benzene rings is 1. The van der Waals surface area contributed by atoms with Crippen LogP contribution in [0.15, 0.2) is 29.1 Å². The molecule has 1 aromatic heterocycles. The van der Waals surface area contributed by atoms with Gasteiger partial charge >= 0.3 is 5.69 Å². The molecule has 5 heteroatoms. The Morgan fingerprint density at radius 3 is 2.57 bits per heavy atom. The summed E-state index contributed by atoms with van der Waals surface area (Å²) >= 11 is 0. The van der Waals surface area contributed by atoms with Gasteiger partial charge in [-0.25, -0.2) is 9.48 Å². The van der Waals surface area contributed by atoms with E-state index < -0.39 is 0 Å². The fourth-order valence-corrected chi connectivity index (χ4v) is 2.93. The van der Waals surface area contributed by atoms with Crippen molar-refractivity contribution >= 4 is 0 Å². The first-order valence-corrected chi connectivity index (χ1v) is 7.55. The first-order valence-electron chi connectivity index (χ1n) is 7.55. The van der Waals surface area contributed by atoms with Crippen molar-refractivity contribution in [3.05, 3.63) is 51.7 Å². The van der Waals surface area contributed by atoms with E-state index in [2.05, 4.69) is 41.6 Å². The molecule has 1 aromatic carbocycles. The van der Waals surface area contributed by atoms with Gasteiger partial charge in [0.1, 0.15) is 5.82 Å². The van der Waals surface area contributed by atoms with Crippen LogP contribution < -0.4 is 11.0 Å². The topological polar surface area (TPSA) is 51.9 Å². The zero-order valence-corrected chi connectivity index (χ0v) is 12.7. The van der Waals surface area contributed by atoms with Crippen LogP contribution in [0.3, 0.4) is 0 Å². The maximum absolute atomic E-state index is 12.4. The molecule has 2 aromatic rings. The summed E-state index contributed by atoms with van der Waals surface area (Å²) in [5, 5.41) is 7.85. The Hall–Kier alpha value is -1.88. The van der Waals surface area contributed by atoms with Crippen LogP contribution in [-0.4, -0.2) is 27.4 Å². The molecule has 0 amide bonds. The number of aromatic nitrogens is 3. The molecule has 1 aliphatic heterocycles. The third kappa shape index (κ3) is 2.93. The van der Waals surface area contributed by atoms with Gasteiger partial charge in [-0.15, -0.1) is 0 Å². The number of aryl methyl sites for hydroxylation is 2. The second-order valence-electron chi connectivity index (χ2n) is 5.86. The SMILES string of the molecule is Cc1ccc(Cn2c(C3CCNCC3)nn(C)c2=O)cc1. The molecule has 1 aliphatic rings. The molecule has 1 saturated heterocycles. The summed E-state index contributed by atoms with van der Waals surface area (Å²) in [4.78, 5) is 12.4. The minimum Gasteiger partial charge on any atom is -0.317 e. The number of hydrogen-bond acceptors (Lipinski definition) is 3. The van der Waals surface area contributed by atoms with Gasteiger partial charge < -0.3 is 5.32 Å². The number of hydrogen-bond donors (Lipinski definition) is 1. The average Bonchev–Trinajstić information content (AvgIpc) is 2.79. The summed E-state index contributed by atoms with van der Waals surface area (Å²) in [6, 6.07) is 8.34. The predicted octanol–water partition coefficient (Wildman–Crippen LogP) is 1.41. The molecule has 0 unspecified atom stereocenters. The minimum absolute atomic E-state index is 0.0240. The molecule has 0 radical (unpaired) electrons. The van der Waals surface area contributed by atoms with Gasteiger partial charge in [-0.2, -0.15) is 5.10 Å². The lowest BCUT2D eigenvalue weighted by atomic mass is 9.97. The van der Waals surface area contributed by atoms with Gasteiger partial charge in [0, 0.05) is 13.0 Å². The van der Waals surface area contributed by atoms with Crippen molar-refractivity contribution in [1.29, 1.82) is 0 Å². The maximum atomic E-state index is 12.4. The quantitative estimate of drug-likeness (QED) is 0.928. The van der Waals surface area contributed by atoms with Crippen molar-refractivity contribution in [1.82, 2.24) is 19.7 Å². The molecule has 1 N–H and O–H groups in total. The van der Waals surface area contributed by atoms with Crippen molar-refractivity contribution in [2.75, 3.05) is 13.1 Å². The Bertz CT molecular complexity index is 663. The Labute approximate surface area is 124 Å². The summed E-state index contributed by atoms with van der Waals surface area (Å²) in [7, 11) is 1.73. The molecule has 0 saturated carbocycles. The van der Waals surface area contributed by atoms with Crippen LogP contribution in [0.1, 0.15) is 35.7 Å². The zero-order chi connectivity index (χ0) is 14.8. The van der Waals surface area contributed by atoms with Crippen molar-refractivity contribution in [3.63, 3.8) is 0 Å². The van der Waals surface area contributed by atoms with Crippen LogP contribution in [-0.2, 0) is 13.6 Å². The zero-order valence-electron chi connectivity index (χ0n) is 12.7. The molecule has 0 spiro atoms. The monoisotopic (exact) mass is 286 g/mol. The highest BCUT2D eigenvalue weighted by Gasteiger charge is 2.23. The van der Waals surface area contributed by atoms with Crippen LogP contribution in [0.5, 0.6) is 0 Å². The summed E-state index contributed by atoms with van der Waals surface area (Å²) in [6.07, 6.45) is 2.09. The predicted molar refractivity (Wildman–Crippen MR) is 82.6 cm³/mol. The van der Waals surface area contributed by atoms with Crippen molar-refractivity contribution in [3.8, 4) is 0 Å². The molecule has 0 bridgehead atoms. The van der Waals surface area contributed by atoms with Crippen LogP contribution in [0.25, 0.3) is 0 Å². The molecular weight excluding hydrogens is 264 g/mol. The summed E-state index contributed by atoms with van der Waals surface area (Å²) in [6.45, 7) is 4.67. The second-order valence-corrected chi connectivity index (χ2v) is 5.86. The molecule has 5 nitrogen and oxygen atoms in total. The normalized spacial score (nSPS) is 16.3. The number of rotatable bonds is 3. The number of piperidine rings is 1. The van der Waals surface area contributed by atoms with E-state index in [4.69, 9.17) is 0 Å². The molecule has 112 valence electrons. The van der Waals surface area contributed by atoms with Crippen LogP contribution in [0, 0.1) is 6.92 Å². The van der Waals surface area contributed by atoms with E-state index in [0.29, 0.717) is 12.5 Å². The highest BCUT2D eigenvalue weighted by Crippen LogP contribution is 2.23. The van der Waals surface area contributed by atoms with Crippen molar-refractivity contribution in [2.45, 2.75) is 32.2 Å². The highest BCUT2D eigenvalue weighted by atomic mass is 16.2. The highest BCUT2D eigenvalue weighted by molar-refractivity contribution is 5.22. The first kappa shape index (κ1) is 14.1. The van der Waals surface area contributed by atoms with Gasteiger partial charge in [0.15, 0.2) is 0 Å². The Kier molecular flexibility index (Phi) is 3.92. The fraction of sp³-hybridized carbons (Fsp3) is 0.500. The van der Waals surface area contributed by atoms with E-state index in [1.54, 1.807) is 7.05 Å². The van der Waals surface area contributed by atoms with Crippen molar-refractivity contribution in [2.24, 2.45) is 7.05 Å². The van der Waals surface area contributed by atoms with E-state index in [9.17, 15) is 4.79 Å². The molecule has 1 fully saturated rings. The van der Waals surface area contributed by atoms with Gasteiger partial charge in [0.05, 0.1) is 6.54 Å². The summed E-state index contributed by atoms with van der Waals surface area (Å²) < 4.78 is 3.30. The van der Waals surface area contributed by atoms with Crippen molar-refractivity contribution < 1.29 is 0 Å². The largest absolute Gasteiger partial charge is 0.345 e. The Morgan fingerprint density at radius 1 is 1.24 bits per heavy atom. The lowest BCUT2D eigenvalue weighted by molar-refractivity contribution is 0.431. The molecule has 0 atom stereocenters. The Balaban J connectivity index is 1.93. The van der Waals surface area contributed by atoms with E-state index in [0.717, 1.165) is 37.3 Å². The molecule has 3 rings (SSSR count). The molecule has 2 heterocycles. The lowest BCUT2D eigenvalue weighted by Crippen LogP contribution is -2.30. The van der Waals surface area contributed by atoms with Gasteiger partial charge in [0.2, 0.25) is 0 Å². The summed E-state index contributed by atoms with van der Waals surface area (Å²) in [5.41, 5.74) is 2.35. The summed E-state index contributed by atoms with van der Waals surface area (Å²) in [5.74, 6) is 1.31. The van der Waals surface area contributed by atoms with E-state index in [1.807, 2.05) is 4.57 Å². The second kappa shape index (κ2) is 5.85. The molecular formula is C16H22N4O. The van der Waals surface area contributed by atoms with Crippen LogP contribution in [0.4, 0.5) is 0 Å². The lowest BCUT2D eigenvalue weighted by Gasteiger charge is -2.22. The first-order chi connectivity index (χ1) is 10.1. The van der Waals surface area contributed by atoms with E-state index >= 15 is 0 Å². The molecule has 0 aliphatic carbocycles. The third-order valence-corrected chi connectivity index (χ3v) is 4.20. The van der Waals surface area contributed by atoms with Gasteiger partial charge in [-0.3, -0.25) is 4.57 Å². The standard InChI is InChI=1S/C16H22N4O/c1-12-3-5-13(6-4-12)11-20-15(18-19(2)16(20)21)14-7-9-17-10-8-14/h3-6,14,17H,7-11H2,1-2H3. The minimum atomic E-state index is -0.0240. The Morgan fingerprint density at radius 2 is 1.90 bits per heavy atom. The van der Waals surface area contributed by atoms with Gasteiger partial charge in [-0.1, -0.05) is 29.8 Å². The fourth-order valence-electron chi connectivity index (χ4n) is 2.93. The van der Waals surface area contributed by atoms with Gasteiger partial charge in [-0.05, 0) is 38.4 Å². The number of nitrogens with one attached hydrogen (secondary N) is 1. The third-order valence-electron chi connectivity index (χ3n) is 4.20. The van der Waals surface area contributed by atoms with Crippen LogP contribution in [0.2, 0.25) is 0 Å². The maximum Gasteiger partial charge on any atom is 0.345 e. The molecule has 21 heavy (non-hydrogen) atoms. The van der Waals surface area contributed by atoms with Gasteiger partial charge in [0.25, 0.3) is 0 Å². The number of nitrogens with zero attached hydrogens (tertiary/aromatic N) is 3. The van der Waals surface area contributed by atoms with E-state index in [1.165, 1.54) is 10.2 Å². The van der Waals surface area contributed by atoms with Crippen LogP contribution >= 0.6 is 0 Å².